The highest BCUT2D eigenvalue weighted by Crippen LogP contribution is 2.35. The minimum Gasteiger partial charge on any atom is -0.495 e. The number of methoxy groups -OCH3 is 1. The number of piperazine rings is 1. The van der Waals surface area contributed by atoms with Crippen molar-refractivity contribution in [3.05, 3.63) is 72.9 Å². The number of carbonyl (C=O) groups is 1. The molecule has 0 spiro atoms. The second-order valence-corrected chi connectivity index (χ2v) is 9.77. The van der Waals surface area contributed by atoms with E-state index in [0.717, 1.165) is 25.3 Å². The zero-order valence-corrected chi connectivity index (χ0v) is 21.5. The van der Waals surface area contributed by atoms with E-state index in [1.54, 1.807) is 12.0 Å². The van der Waals surface area contributed by atoms with E-state index in [-0.39, 0.29) is 36.6 Å². The molecule has 5 unspecified atom stereocenters. The molecule has 37 heavy (non-hydrogen) atoms. The second kappa shape index (κ2) is 11.6. The number of aliphatic hydroxyl groups excluding tert-OH is 1. The van der Waals surface area contributed by atoms with Crippen LogP contribution in [0, 0.1) is 5.92 Å². The molecule has 5 atom stereocenters. The smallest absolute Gasteiger partial charge is 0.242 e. The van der Waals surface area contributed by atoms with Gasteiger partial charge in [0.2, 0.25) is 5.91 Å². The van der Waals surface area contributed by atoms with Crippen molar-refractivity contribution < 1.29 is 19.4 Å². The molecule has 196 valence electrons. The quantitative estimate of drug-likeness (QED) is 0.587. The van der Waals surface area contributed by atoms with E-state index in [2.05, 4.69) is 22.8 Å². The van der Waals surface area contributed by atoms with E-state index in [9.17, 15) is 9.90 Å². The lowest BCUT2D eigenvalue weighted by Gasteiger charge is -2.44. The Morgan fingerprint density at radius 2 is 1.76 bits per heavy atom. The SMILES string of the molecule is COc1ccccc1N1C(=O)C2C=CC=CC2N=C1C(C)N1CCN(C(O)COC2C=CC=CC2)CC1. The standard InChI is InChI=1S/C29H36N4O4/c1-21(31-16-18-32(19-17-31)27(34)20-37-22-10-4-3-5-11-22)28-30-24-13-7-6-12-23(24)29(35)33(28)25-14-8-9-15-26(25)36-2/h3-10,12-15,21-24,27,34H,11,16-20H2,1-2H3. The summed E-state index contributed by atoms with van der Waals surface area (Å²) in [5, 5.41) is 10.7. The molecule has 1 N–H and O–H groups in total. The Labute approximate surface area is 218 Å². The lowest BCUT2D eigenvalue weighted by atomic mass is 9.91. The Hall–Kier alpha value is -3.04. The minimum atomic E-state index is -0.643. The topological polar surface area (TPSA) is 77.8 Å². The monoisotopic (exact) mass is 504 g/mol. The van der Waals surface area contributed by atoms with Gasteiger partial charge in [-0.1, -0.05) is 60.7 Å². The molecule has 1 aromatic rings. The number of fused-ring (bicyclic) bond motifs is 1. The Balaban J connectivity index is 1.29. The van der Waals surface area contributed by atoms with Crippen LogP contribution in [-0.2, 0) is 9.53 Å². The Morgan fingerprint density at radius 1 is 1.03 bits per heavy atom. The number of aliphatic hydroxyl groups is 1. The fourth-order valence-corrected chi connectivity index (χ4v) is 5.35. The van der Waals surface area contributed by atoms with Gasteiger partial charge in [0.05, 0.1) is 43.5 Å². The van der Waals surface area contributed by atoms with Crippen LogP contribution in [0.25, 0.3) is 0 Å². The highest BCUT2D eigenvalue weighted by Gasteiger charge is 2.41. The van der Waals surface area contributed by atoms with Crippen molar-refractivity contribution in [1.29, 1.82) is 0 Å². The van der Waals surface area contributed by atoms with Crippen LogP contribution in [0.1, 0.15) is 13.3 Å². The van der Waals surface area contributed by atoms with Gasteiger partial charge in [-0.05, 0) is 25.5 Å². The normalized spacial score (nSPS) is 27.6. The number of allylic oxidation sites excluding steroid dienone is 4. The van der Waals surface area contributed by atoms with E-state index in [4.69, 9.17) is 14.5 Å². The number of carbonyl (C=O) groups excluding carboxylic acids is 1. The average molecular weight is 505 g/mol. The van der Waals surface area contributed by atoms with Crippen molar-refractivity contribution in [2.45, 2.75) is 37.8 Å². The maximum Gasteiger partial charge on any atom is 0.242 e. The van der Waals surface area contributed by atoms with E-state index in [1.165, 1.54) is 0 Å². The Morgan fingerprint density at radius 3 is 2.51 bits per heavy atom. The van der Waals surface area contributed by atoms with Gasteiger partial charge < -0.3 is 14.6 Å². The maximum absolute atomic E-state index is 13.8. The molecule has 2 aliphatic carbocycles. The van der Waals surface area contributed by atoms with Gasteiger partial charge in [-0.25, -0.2) is 0 Å². The predicted octanol–water partition coefficient (Wildman–Crippen LogP) is 2.78. The number of anilines is 1. The first-order chi connectivity index (χ1) is 18.1. The first-order valence-electron chi connectivity index (χ1n) is 13.1. The van der Waals surface area contributed by atoms with Crippen molar-refractivity contribution in [3.63, 3.8) is 0 Å². The summed E-state index contributed by atoms with van der Waals surface area (Å²) in [6.45, 7) is 5.31. The van der Waals surface area contributed by atoms with E-state index in [1.807, 2.05) is 66.8 Å². The molecule has 1 saturated heterocycles. The highest BCUT2D eigenvalue weighted by molar-refractivity contribution is 6.22. The average Bonchev–Trinajstić information content (AvgIpc) is 2.96. The lowest BCUT2D eigenvalue weighted by molar-refractivity contribution is -0.120. The van der Waals surface area contributed by atoms with Crippen LogP contribution in [0.4, 0.5) is 5.69 Å². The van der Waals surface area contributed by atoms with Crippen LogP contribution in [0.3, 0.4) is 0 Å². The summed E-state index contributed by atoms with van der Waals surface area (Å²) >= 11 is 0. The zero-order chi connectivity index (χ0) is 25.8. The van der Waals surface area contributed by atoms with Crippen molar-refractivity contribution in [2.24, 2.45) is 10.9 Å². The number of ether oxygens (including phenoxy) is 2. The third-order valence-corrected chi connectivity index (χ3v) is 7.54. The molecule has 8 nitrogen and oxygen atoms in total. The lowest BCUT2D eigenvalue weighted by Crippen LogP contribution is -2.60. The van der Waals surface area contributed by atoms with Crippen LogP contribution in [0.15, 0.2) is 77.9 Å². The molecule has 8 heteroatoms. The van der Waals surface area contributed by atoms with E-state index < -0.39 is 6.23 Å². The summed E-state index contributed by atoms with van der Waals surface area (Å²) in [6.07, 6.45) is 16.1. The molecule has 0 radical (unpaired) electrons. The number of rotatable bonds is 8. The van der Waals surface area contributed by atoms with Crippen molar-refractivity contribution in [1.82, 2.24) is 9.80 Å². The third-order valence-electron chi connectivity index (χ3n) is 7.54. The summed E-state index contributed by atoms with van der Waals surface area (Å²) in [5.74, 6) is 1.04. The van der Waals surface area contributed by atoms with Crippen LogP contribution < -0.4 is 9.64 Å². The molecule has 0 saturated carbocycles. The molecule has 1 fully saturated rings. The minimum absolute atomic E-state index is 0.00441. The van der Waals surface area contributed by atoms with Crippen molar-refractivity contribution in [2.75, 3.05) is 44.8 Å². The molecule has 4 aliphatic rings. The first-order valence-corrected chi connectivity index (χ1v) is 13.1. The largest absolute Gasteiger partial charge is 0.495 e. The molecule has 5 rings (SSSR count). The molecule has 1 amide bonds. The fraction of sp³-hybridized carbons (Fsp3) is 0.448. The van der Waals surface area contributed by atoms with Gasteiger partial charge in [0, 0.05) is 26.2 Å². The number of benzene rings is 1. The molecule has 0 aromatic heterocycles. The fourth-order valence-electron chi connectivity index (χ4n) is 5.35. The number of nitrogens with zero attached hydrogens (tertiary/aromatic N) is 4. The predicted molar refractivity (Wildman–Crippen MR) is 145 cm³/mol. The molecule has 2 aliphatic heterocycles. The van der Waals surface area contributed by atoms with Gasteiger partial charge in [0.1, 0.15) is 17.8 Å². The molecular weight excluding hydrogens is 468 g/mol. The Bertz CT molecular complexity index is 1120. The molecule has 1 aromatic carbocycles. The van der Waals surface area contributed by atoms with Crippen LogP contribution in [0.2, 0.25) is 0 Å². The zero-order valence-electron chi connectivity index (χ0n) is 21.5. The first kappa shape index (κ1) is 25.6. The van der Waals surface area contributed by atoms with E-state index in [0.29, 0.717) is 24.5 Å². The van der Waals surface area contributed by atoms with Crippen LogP contribution in [-0.4, -0.2) is 91.0 Å². The molecular formula is C29H36N4O4. The van der Waals surface area contributed by atoms with Crippen molar-refractivity contribution in [3.8, 4) is 5.75 Å². The number of aliphatic imine (C=N–C) groups is 1. The van der Waals surface area contributed by atoms with Crippen LogP contribution >= 0.6 is 0 Å². The van der Waals surface area contributed by atoms with E-state index >= 15 is 0 Å². The van der Waals surface area contributed by atoms with Gasteiger partial charge in [-0.15, -0.1) is 0 Å². The van der Waals surface area contributed by atoms with Gasteiger partial charge >= 0.3 is 0 Å². The van der Waals surface area contributed by atoms with Gasteiger partial charge in [-0.2, -0.15) is 0 Å². The van der Waals surface area contributed by atoms with Gasteiger partial charge in [0.15, 0.2) is 0 Å². The number of para-hydroxylation sites is 2. The second-order valence-electron chi connectivity index (χ2n) is 9.77. The number of amides is 1. The summed E-state index contributed by atoms with van der Waals surface area (Å²) < 4.78 is 11.5. The number of amidine groups is 1. The number of hydrogen-bond acceptors (Lipinski definition) is 7. The summed E-state index contributed by atoms with van der Waals surface area (Å²) in [7, 11) is 1.62. The maximum atomic E-state index is 13.8. The molecule has 0 bridgehead atoms. The highest BCUT2D eigenvalue weighted by atomic mass is 16.5. The number of hydrogen-bond donors (Lipinski definition) is 1. The molecule has 2 heterocycles. The summed E-state index contributed by atoms with van der Waals surface area (Å²) in [5.41, 5.74) is 0.708. The van der Waals surface area contributed by atoms with Crippen molar-refractivity contribution >= 4 is 17.4 Å². The van der Waals surface area contributed by atoms with Gasteiger partial charge in [0.25, 0.3) is 0 Å². The van der Waals surface area contributed by atoms with Crippen LogP contribution in [0.5, 0.6) is 5.75 Å². The van der Waals surface area contributed by atoms with Gasteiger partial charge in [-0.3, -0.25) is 24.5 Å². The third kappa shape index (κ3) is 5.48. The Kier molecular flexibility index (Phi) is 8.00. The summed E-state index contributed by atoms with van der Waals surface area (Å²) in [4.78, 5) is 25.0. The summed E-state index contributed by atoms with van der Waals surface area (Å²) in [6, 6.07) is 7.30.